The maximum Gasteiger partial charge on any atom is 0.399 e. The first-order chi connectivity index (χ1) is 14.5. The Bertz CT molecular complexity index is 1190. The highest BCUT2D eigenvalue weighted by atomic mass is 16.7. The van der Waals surface area contributed by atoms with Crippen molar-refractivity contribution in [2.75, 3.05) is 4.90 Å². The fourth-order valence-corrected chi connectivity index (χ4v) is 3.67. The monoisotopic (exact) mass is 402 g/mol. The van der Waals surface area contributed by atoms with Crippen LogP contribution in [0.15, 0.2) is 65.3 Å². The number of amides is 3. The number of hydroxylamine groups is 2. The number of carbonyl (C=O) groups excluding carboxylic acids is 4. The summed E-state index contributed by atoms with van der Waals surface area (Å²) in [5, 5.41) is 0.426. The van der Waals surface area contributed by atoms with Crippen LogP contribution >= 0.6 is 0 Å². The number of imide groups is 1. The zero-order valence-electron chi connectivity index (χ0n) is 15.5. The number of nitrogens with zero attached hydrogens (tertiary/aromatic N) is 2. The predicted octanol–water partition coefficient (Wildman–Crippen LogP) is 2.74. The molecule has 148 valence electrons. The zero-order chi connectivity index (χ0) is 20.8. The van der Waals surface area contributed by atoms with Crippen LogP contribution in [0.25, 0.3) is 0 Å². The molecule has 0 saturated heterocycles. The van der Waals surface area contributed by atoms with Crippen LogP contribution in [0.2, 0.25) is 0 Å². The fraction of sp³-hybridized carbons (Fsp3) is 0.0909. The van der Waals surface area contributed by atoms with Crippen LogP contribution in [0.1, 0.15) is 42.4 Å². The number of hydrogen-bond acceptors (Lipinski definition) is 6. The lowest BCUT2D eigenvalue weighted by Gasteiger charge is -2.17. The number of rotatable bonds is 4. The Kier molecular flexibility index (Phi) is 3.99. The van der Waals surface area contributed by atoms with E-state index in [9.17, 15) is 19.2 Å². The van der Waals surface area contributed by atoms with Crippen molar-refractivity contribution in [3.8, 4) is 0 Å². The number of fused-ring (bicyclic) bond motifs is 2. The highest BCUT2D eigenvalue weighted by Gasteiger charge is 2.39. The highest BCUT2D eigenvalue weighted by molar-refractivity contribution is 6.21. The van der Waals surface area contributed by atoms with Crippen molar-refractivity contribution in [3.63, 3.8) is 0 Å². The van der Waals surface area contributed by atoms with Gasteiger partial charge in [0.2, 0.25) is 11.7 Å². The third-order valence-corrected chi connectivity index (χ3v) is 5.12. The summed E-state index contributed by atoms with van der Waals surface area (Å²) in [6, 6.07) is 15.1. The van der Waals surface area contributed by atoms with E-state index in [1.807, 2.05) is 24.3 Å². The average molecular weight is 402 g/mol. The molecule has 0 aliphatic carbocycles. The first kappa shape index (κ1) is 17.9. The SMILES string of the molecule is O=C(ON1C(=O)c2ccccc2C1=O)c1occc1CN1C(=O)Cc2ccccc21. The van der Waals surface area contributed by atoms with Gasteiger partial charge >= 0.3 is 5.97 Å². The third-order valence-electron chi connectivity index (χ3n) is 5.12. The molecule has 0 N–H and O–H groups in total. The predicted molar refractivity (Wildman–Crippen MR) is 102 cm³/mol. The fourth-order valence-electron chi connectivity index (χ4n) is 3.67. The molecule has 0 unspecified atom stereocenters. The van der Waals surface area contributed by atoms with Crippen LogP contribution in [0.5, 0.6) is 0 Å². The molecule has 30 heavy (non-hydrogen) atoms. The van der Waals surface area contributed by atoms with Gasteiger partial charge in [-0.05, 0) is 29.8 Å². The molecule has 8 nitrogen and oxygen atoms in total. The standard InChI is InChI=1S/C22H14N2O6/c25-18-11-13-5-1-4-8-17(13)23(18)12-14-9-10-29-19(14)22(28)30-24-20(26)15-6-2-3-7-16(15)21(24)27/h1-10H,11-12H2. The van der Waals surface area contributed by atoms with E-state index in [-0.39, 0.29) is 35.8 Å². The van der Waals surface area contributed by atoms with Gasteiger partial charge in [0.25, 0.3) is 11.8 Å². The molecule has 3 heterocycles. The van der Waals surface area contributed by atoms with Crippen LogP contribution in [0.4, 0.5) is 5.69 Å². The minimum atomic E-state index is -0.996. The van der Waals surface area contributed by atoms with Gasteiger partial charge in [-0.3, -0.25) is 14.4 Å². The van der Waals surface area contributed by atoms with Crippen molar-refractivity contribution in [2.24, 2.45) is 0 Å². The molecular weight excluding hydrogens is 388 g/mol. The summed E-state index contributed by atoms with van der Waals surface area (Å²) in [5.74, 6) is -2.72. The van der Waals surface area contributed by atoms with Crippen LogP contribution in [0, 0.1) is 0 Å². The lowest BCUT2D eigenvalue weighted by Crippen LogP contribution is -2.33. The van der Waals surface area contributed by atoms with Crippen LogP contribution < -0.4 is 4.90 Å². The minimum Gasteiger partial charge on any atom is -0.457 e. The van der Waals surface area contributed by atoms with Crippen LogP contribution in [0.3, 0.4) is 0 Å². The molecule has 0 radical (unpaired) electrons. The summed E-state index contributed by atoms with van der Waals surface area (Å²) < 4.78 is 5.26. The first-order valence-corrected chi connectivity index (χ1v) is 9.19. The van der Waals surface area contributed by atoms with Crippen molar-refractivity contribution >= 4 is 29.4 Å². The smallest absolute Gasteiger partial charge is 0.399 e. The Hall–Kier alpha value is -4.20. The molecule has 0 bridgehead atoms. The van der Waals surface area contributed by atoms with Gasteiger partial charge in [0.05, 0.1) is 30.4 Å². The van der Waals surface area contributed by atoms with Gasteiger partial charge in [0, 0.05) is 11.3 Å². The average Bonchev–Trinajstić information content (AvgIpc) is 3.41. The summed E-state index contributed by atoms with van der Waals surface area (Å²) in [7, 11) is 0. The van der Waals surface area contributed by atoms with Gasteiger partial charge in [-0.25, -0.2) is 4.79 Å². The van der Waals surface area contributed by atoms with Crippen LogP contribution in [-0.2, 0) is 22.6 Å². The van der Waals surface area contributed by atoms with E-state index in [1.165, 1.54) is 18.4 Å². The second-order valence-electron chi connectivity index (χ2n) is 6.89. The molecule has 0 saturated carbocycles. The first-order valence-electron chi connectivity index (χ1n) is 9.19. The quantitative estimate of drug-likeness (QED) is 0.623. The van der Waals surface area contributed by atoms with Gasteiger partial charge in [0.1, 0.15) is 0 Å². The van der Waals surface area contributed by atoms with Crippen molar-refractivity contribution < 1.29 is 28.4 Å². The number of para-hydroxylation sites is 1. The summed E-state index contributed by atoms with van der Waals surface area (Å²) in [6.45, 7) is 0.0961. The van der Waals surface area contributed by atoms with E-state index in [2.05, 4.69) is 0 Å². The highest BCUT2D eigenvalue weighted by Crippen LogP contribution is 2.31. The van der Waals surface area contributed by atoms with Gasteiger partial charge in [-0.2, -0.15) is 0 Å². The summed E-state index contributed by atoms with van der Waals surface area (Å²) >= 11 is 0. The van der Waals surface area contributed by atoms with Crippen molar-refractivity contribution in [3.05, 3.63) is 88.9 Å². The molecule has 2 aromatic carbocycles. The molecule has 5 rings (SSSR count). The van der Waals surface area contributed by atoms with Crippen LogP contribution in [-0.4, -0.2) is 28.8 Å². The normalized spacial score (nSPS) is 14.9. The molecule has 3 aromatic rings. The number of carbonyl (C=O) groups is 4. The number of furan rings is 1. The largest absolute Gasteiger partial charge is 0.457 e. The lowest BCUT2D eigenvalue weighted by molar-refractivity contribution is -0.117. The molecular formula is C22H14N2O6. The molecule has 1 aromatic heterocycles. The van der Waals surface area contributed by atoms with E-state index in [1.54, 1.807) is 23.1 Å². The van der Waals surface area contributed by atoms with E-state index in [0.717, 1.165) is 11.3 Å². The van der Waals surface area contributed by atoms with Gasteiger partial charge < -0.3 is 14.2 Å². The topological polar surface area (TPSA) is 97.1 Å². The lowest BCUT2D eigenvalue weighted by atomic mass is 10.1. The Labute approximate surface area is 170 Å². The molecule has 0 atom stereocenters. The number of benzene rings is 2. The van der Waals surface area contributed by atoms with Gasteiger partial charge in [0.15, 0.2) is 0 Å². The zero-order valence-corrected chi connectivity index (χ0v) is 15.5. The Morgan fingerprint density at radius 2 is 1.60 bits per heavy atom. The number of anilines is 1. The van der Waals surface area contributed by atoms with E-state index >= 15 is 0 Å². The van der Waals surface area contributed by atoms with Crippen molar-refractivity contribution in [1.29, 1.82) is 0 Å². The second kappa shape index (κ2) is 6.70. The molecule has 8 heteroatoms. The maximum absolute atomic E-state index is 12.7. The summed E-state index contributed by atoms with van der Waals surface area (Å²) in [6.07, 6.45) is 1.57. The molecule has 0 spiro atoms. The second-order valence-corrected chi connectivity index (χ2v) is 6.89. The maximum atomic E-state index is 12.7. The Morgan fingerprint density at radius 1 is 0.933 bits per heavy atom. The molecule has 0 fully saturated rings. The van der Waals surface area contributed by atoms with Gasteiger partial charge in [-0.1, -0.05) is 35.4 Å². The third kappa shape index (κ3) is 2.69. The van der Waals surface area contributed by atoms with Gasteiger partial charge in [-0.15, -0.1) is 0 Å². The molecule has 3 amide bonds. The Balaban J connectivity index is 1.37. The number of hydrogen-bond donors (Lipinski definition) is 0. The molecule has 2 aliphatic heterocycles. The minimum absolute atomic E-state index is 0.0961. The van der Waals surface area contributed by atoms with E-state index in [0.29, 0.717) is 10.6 Å². The van der Waals surface area contributed by atoms with E-state index in [4.69, 9.17) is 9.25 Å². The Morgan fingerprint density at radius 3 is 2.33 bits per heavy atom. The summed E-state index contributed by atoms with van der Waals surface area (Å²) in [4.78, 5) is 56.5. The van der Waals surface area contributed by atoms with Crippen molar-refractivity contribution in [2.45, 2.75) is 13.0 Å². The summed E-state index contributed by atoms with van der Waals surface area (Å²) in [5.41, 5.74) is 2.40. The molecule has 2 aliphatic rings. The van der Waals surface area contributed by atoms with Crippen molar-refractivity contribution in [1.82, 2.24) is 5.06 Å². The van der Waals surface area contributed by atoms with E-state index < -0.39 is 17.8 Å².